The van der Waals surface area contributed by atoms with Crippen LogP contribution in [0, 0.1) is 13.8 Å². The van der Waals surface area contributed by atoms with Crippen molar-refractivity contribution < 1.29 is 9.90 Å². The highest BCUT2D eigenvalue weighted by Gasteiger charge is 2.15. The van der Waals surface area contributed by atoms with Gasteiger partial charge in [-0.25, -0.2) is 9.97 Å². The summed E-state index contributed by atoms with van der Waals surface area (Å²) in [6.45, 7) is 3.79. The molecule has 5 nitrogen and oxygen atoms in total. The van der Waals surface area contributed by atoms with E-state index in [2.05, 4.69) is 9.97 Å². The Kier molecular flexibility index (Phi) is 3.17. The number of carboxylic acids is 1. The SMILES string of the molecule is Cc1ccc(-c2nc3cc(C)cnc3n2CC(=O)O)cc1. The number of carbonyl (C=O) groups is 1. The molecular weight excluding hydrogens is 266 g/mol. The van der Waals surface area contributed by atoms with Crippen molar-refractivity contribution in [2.24, 2.45) is 0 Å². The van der Waals surface area contributed by atoms with Gasteiger partial charge in [-0.2, -0.15) is 0 Å². The standard InChI is InChI=1S/C16H15N3O2/c1-10-3-5-12(6-4-10)15-18-13-7-11(2)8-17-16(13)19(15)9-14(20)21/h3-8H,9H2,1-2H3,(H,20,21). The molecule has 0 atom stereocenters. The molecule has 2 heterocycles. The maximum absolute atomic E-state index is 11.1. The number of imidazole rings is 1. The van der Waals surface area contributed by atoms with Gasteiger partial charge < -0.3 is 5.11 Å². The number of aromatic nitrogens is 3. The Morgan fingerprint density at radius 3 is 2.57 bits per heavy atom. The first-order chi connectivity index (χ1) is 10.0. The number of aliphatic carboxylic acids is 1. The van der Waals surface area contributed by atoms with Crippen LogP contribution in [-0.2, 0) is 11.3 Å². The molecule has 0 bridgehead atoms. The third-order valence-corrected chi connectivity index (χ3v) is 3.32. The number of hydrogen-bond acceptors (Lipinski definition) is 3. The molecule has 1 aromatic carbocycles. The smallest absolute Gasteiger partial charge is 0.323 e. The molecule has 0 saturated carbocycles. The molecular formula is C16H15N3O2. The van der Waals surface area contributed by atoms with E-state index in [1.807, 2.05) is 44.2 Å². The van der Waals surface area contributed by atoms with E-state index in [4.69, 9.17) is 5.11 Å². The van der Waals surface area contributed by atoms with Gasteiger partial charge in [-0.15, -0.1) is 0 Å². The minimum absolute atomic E-state index is 0.157. The van der Waals surface area contributed by atoms with E-state index in [0.717, 1.165) is 16.7 Å². The zero-order valence-corrected chi connectivity index (χ0v) is 11.9. The molecule has 0 aliphatic heterocycles. The van der Waals surface area contributed by atoms with E-state index in [9.17, 15) is 4.79 Å². The van der Waals surface area contributed by atoms with Crippen LogP contribution in [0.2, 0.25) is 0 Å². The average molecular weight is 281 g/mol. The van der Waals surface area contributed by atoms with E-state index in [1.54, 1.807) is 10.8 Å². The minimum atomic E-state index is -0.912. The summed E-state index contributed by atoms with van der Waals surface area (Å²) in [4.78, 5) is 20.0. The van der Waals surface area contributed by atoms with Crippen LogP contribution in [0.15, 0.2) is 36.5 Å². The molecule has 5 heteroatoms. The van der Waals surface area contributed by atoms with E-state index in [1.165, 1.54) is 0 Å². The number of pyridine rings is 1. The highest BCUT2D eigenvalue weighted by Crippen LogP contribution is 2.24. The summed E-state index contributed by atoms with van der Waals surface area (Å²) in [6, 6.07) is 9.78. The van der Waals surface area contributed by atoms with Gasteiger partial charge >= 0.3 is 5.97 Å². The Labute approximate surface area is 121 Å². The van der Waals surface area contributed by atoms with Gasteiger partial charge in [0.2, 0.25) is 0 Å². The topological polar surface area (TPSA) is 68.0 Å². The molecule has 0 aliphatic carbocycles. The van der Waals surface area contributed by atoms with Crippen LogP contribution in [0.25, 0.3) is 22.6 Å². The molecule has 0 radical (unpaired) electrons. The number of fused-ring (bicyclic) bond motifs is 1. The van der Waals surface area contributed by atoms with E-state index < -0.39 is 5.97 Å². The van der Waals surface area contributed by atoms with Crippen molar-refractivity contribution in [3.05, 3.63) is 47.7 Å². The summed E-state index contributed by atoms with van der Waals surface area (Å²) in [5.41, 5.74) is 4.34. The van der Waals surface area contributed by atoms with Crippen LogP contribution in [0.5, 0.6) is 0 Å². The Morgan fingerprint density at radius 1 is 1.19 bits per heavy atom. The van der Waals surface area contributed by atoms with Crippen LogP contribution < -0.4 is 0 Å². The van der Waals surface area contributed by atoms with E-state index in [0.29, 0.717) is 17.0 Å². The van der Waals surface area contributed by atoms with Gasteiger partial charge in [0, 0.05) is 11.8 Å². The molecule has 1 N–H and O–H groups in total. The van der Waals surface area contributed by atoms with Gasteiger partial charge in [-0.1, -0.05) is 29.8 Å². The van der Waals surface area contributed by atoms with Crippen molar-refractivity contribution in [1.82, 2.24) is 14.5 Å². The second kappa shape index (κ2) is 5.01. The summed E-state index contributed by atoms with van der Waals surface area (Å²) in [6.07, 6.45) is 1.72. The molecule has 0 saturated heterocycles. The largest absolute Gasteiger partial charge is 0.480 e. The number of carboxylic acid groups (broad SMARTS) is 1. The highest BCUT2D eigenvalue weighted by atomic mass is 16.4. The van der Waals surface area contributed by atoms with E-state index >= 15 is 0 Å². The van der Waals surface area contributed by atoms with Crippen molar-refractivity contribution in [2.75, 3.05) is 0 Å². The Hall–Kier alpha value is -2.69. The summed E-state index contributed by atoms with van der Waals surface area (Å²) in [7, 11) is 0. The predicted octanol–water partition coefficient (Wildman–Crippen LogP) is 2.80. The Morgan fingerprint density at radius 2 is 1.90 bits per heavy atom. The summed E-state index contributed by atoms with van der Waals surface area (Å²) >= 11 is 0. The minimum Gasteiger partial charge on any atom is -0.480 e. The zero-order chi connectivity index (χ0) is 15.0. The van der Waals surface area contributed by atoms with Crippen LogP contribution in [0.4, 0.5) is 0 Å². The molecule has 3 aromatic rings. The quantitative estimate of drug-likeness (QED) is 0.801. The van der Waals surface area contributed by atoms with Gasteiger partial charge in [-0.3, -0.25) is 9.36 Å². The highest BCUT2D eigenvalue weighted by molar-refractivity contribution is 5.80. The third-order valence-electron chi connectivity index (χ3n) is 3.32. The number of rotatable bonds is 3. The lowest BCUT2D eigenvalue weighted by Gasteiger charge is -2.06. The fourth-order valence-electron chi connectivity index (χ4n) is 2.32. The van der Waals surface area contributed by atoms with Crippen molar-refractivity contribution in [1.29, 1.82) is 0 Å². The summed E-state index contributed by atoms with van der Waals surface area (Å²) < 4.78 is 1.64. The monoisotopic (exact) mass is 281 g/mol. The second-order valence-electron chi connectivity index (χ2n) is 5.14. The van der Waals surface area contributed by atoms with E-state index in [-0.39, 0.29) is 6.54 Å². The third kappa shape index (κ3) is 2.50. The summed E-state index contributed by atoms with van der Waals surface area (Å²) in [5, 5.41) is 9.14. The van der Waals surface area contributed by atoms with Gasteiger partial charge in [0.25, 0.3) is 0 Å². The molecule has 0 amide bonds. The first-order valence-corrected chi connectivity index (χ1v) is 6.66. The average Bonchev–Trinajstić information content (AvgIpc) is 2.77. The molecule has 0 unspecified atom stereocenters. The molecule has 21 heavy (non-hydrogen) atoms. The van der Waals surface area contributed by atoms with Crippen molar-refractivity contribution in [2.45, 2.75) is 20.4 Å². The van der Waals surface area contributed by atoms with Crippen LogP contribution >= 0.6 is 0 Å². The number of nitrogens with zero attached hydrogens (tertiary/aromatic N) is 3. The fourth-order valence-corrected chi connectivity index (χ4v) is 2.32. The molecule has 0 aliphatic rings. The van der Waals surface area contributed by atoms with Gasteiger partial charge in [0.05, 0.1) is 0 Å². The molecule has 0 spiro atoms. The maximum Gasteiger partial charge on any atom is 0.323 e. The first kappa shape index (κ1) is 13.3. The fraction of sp³-hybridized carbons (Fsp3) is 0.188. The predicted molar refractivity (Wildman–Crippen MR) is 80.1 cm³/mol. The Bertz CT molecular complexity index is 819. The van der Waals surface area contributed by atoms with Gasteiger partial charge in [-0.05, 0) is 25.5 Å². The zero-order valence-electron chi connectivity index (χ0n) is 11.9. The second-order valence-corrected chi connectivity index (χ2v) is 5.14. The molecule has 0 fully saturated rings. The molecule has 2 aromatic heterocycles. The first-order valence-electron chi connectivity index (χ1n) is 6.66. The number of hydrogen-bond donors (Lipinski definition) is 1. The lowest BCUT2D eigenvalue weighted by molar-refractivity contribution is -0.137. The normalized spacial score (nSPS) is 11.0. The lowest BCUT2D eigenvalue weighted by atomic mass is 10.1. The number of benzene rings is 1. The van der Waals surface area contributed by atoms with Crippen molar-refractivity contribution in [3.63, 3.8) is 0 Å². The van der Waals surface area contributed by atoms with Crippen LogP contribution in [0.1, 0.15) is 11.1 Å². The summed E-state index contributed by atoms with van der Waals surface area (Å²) in [5.74, 6) is -0.282. The van der Waals surface area contributed by atoms with Gasteiger partial charge in [0.1, 0.15) is 17.9 Å². The maximum atomic E-state index is 11.1. The van der Waals surface area contributed by atoms with Crippen molar-refractivity contribution >= 4 is 17.1 Å². The lowest BCUT2D eigenvalue weighted by Crippen LogP contribution is -2.10. The van der Waals surface area contributed by atoms with Crippen LogP contribution in [-0.4, -0.2) is 25.6 Å². The Balaban J connectivity index is 2.24. The molecule has 106 valence electrons. The molecule has 3 rings (SSSR count). The van der Waals surface area contributed by atoms with Gasteiger partial charge in [0.15, 0.2) is 5.65 Å². The number of aryl methyl sites for hydroxylation is 2. The van der Waals surface area contributed by atoms with Crippen molar-refractivity contribution in [3.8, 4) is 11.4 Å². The van der Waals surface area contributed by atoms with Crippen LogP contribution in [0.3, 0.4) is 0 Å².